The van der Waals surface area contributed by atoms with Gasteiger partial charge in [-0.25, -0.2) is 9.59 Å². The van der Waals surface area contributed by atoms with Crippen molar-refractivity contribution in [2.24, 2.45) is 0 Å². The van der Waals surface area contributed by atoms with Crippen molar-refractivity contribution in [2.45, 2.75) is 0 Å². The number of benzene rings is 2. The van der Waals surface area contributed by atoms with Crippen LogP contribution >= 0.6 is 0 Å². The highest BCUT2D eigenvalue weighted by molar-refractivity contribution is 6.07. The van der Waals surface area contributed by atoms with Crippen LogP contribution in [0.25, 0.3) is 11.1 Å². The first-order valence-electron chi connectivity index (χ1n) is 7.53. The van der Waals surface area contributed by atoms with E-state index in [9.17, 15) is 14.7 Å². The van der Waals surface area contributed by atoms with Crippen LogP contribution in [0.3, 0.4) is 0 Å². The fourth-order valence-electron chi connectivity index (χ4n) is 2.82. The molecule has 0 aliphatic carbocycles. The molecule has 0 aromatic heterocycles. The maximum absolute atomic E-state index is 12.5. The molecule has 0 saturated carbocycles. The van der Waals surface area contributed by atoms with Gasteiger partial charge in [0.1, 0.15) is 11.3 Å². The number of methoxy groups -OCH3 is 3. The number of esters is 2. The summed E-state index contributed by atoms with van der Waals surface area (Å²) in [7, 11) is 3.78. The van der Waals surface area contributed by atoms with E-state index in [0.29, 0.717) is 0 Å². The molecule has 2 bridgehead atoms. The number of hydrogen-bond donors (Lipinski definition) is 1. The predicted molar refractivity (Wildman–Crippen MR) is 88.9 cm³/mol. The zero-order valence-corrected chi connectivity index (χ0v) is 14.3. The van der Waals surface area contributed by atoms with E-state index >= 15 is 0 Å². The maximum Gasteiger partial charge on any atom is 0.342 e. The van der Waals surface area contributed by atoms with Gasteiger partial charge in [0.2, 0.25) is 12.5 Å². The van der Waals surface area contributed by atoms with Gasteiger partial charge in [-0.3, -0.25) is 0 Å². The van der Waals surface area contributed by atoms with E-state index in [1.54, 1.807) is 12.1 Å². The van der Waals surface area contributed by atoms with Gasteiger partial charge < -0.3 is 28.8 Å². The monoisotopic (exact) mass is 360 g/mol. The molecule has 3 rings (SSSR count). The number of carbonyl (C=O) groups is 2. The molecule has 1 heterocycles. The van der Waals surface area contributed by atoms with Gasteiger partial charge >= 0.3 is 11.9 Å². The molecule has 0 atom stereocenters. The van der Waals surface area contributed by atoms with Gasteiger partial charge in [-0.2, -0.15) is 0 Å². The normalized spacial score (nSPS) is 11.8. The molecule has 26 heavy (non-hydrogen) atoms. The zero-order chi connectivity index (χ0) is 18.8. The number of phenols is 1. The Morgan fingerprint density at radius 2 is 1.81 bits per heavy atom. The average molecular weight is 360 g/mol. The van der Waals surface area contributed by atoms with Crippen LogP contribution in [-0.4, -0.2) is 45.2 Å². The lowest BCUT2D eigenvalue weighted by atomic mass is 9.92. The van der Waals surface area contributed by atoms with Crippen LogP contribution in [0, 0.1) is 0 Å². The number of fused-ring (bicyclic) bond motifs is 4. The van der Waals surface area contributed by atoms with Crippen LogP contribution in [-0.2, 0) is 9.47 Å². The summed E-state index contributed by atoms with van der Waals surface area (Å²) >= 11 is 0. The summed E-state index contributed by atoms with van der Waals surface area (Å²) in [6.07, 6.45) is 0. The minimum absolute atomic E-state index is 0.00283. The molecule has 0 unspecified atom stereocenters. The molecule has 1 aliphatic rings. The quantitative estimate of drug-likeness (QED) is 0.833. The zero-order valence-electron chi connectivity index (χ0n) is 14.3. The Morgan fingerprint density at radius 3 is 2.46 bits per heavy atom. The predicted octanol–water partition coefficient (Wildman–Crippen LogP) is 2.37. The van der Waals surface area contributed by atoms with Gasteiger partial charge in [0.05, 0.1) is 26.9 Å². The molecule has 2 aromatic carbocycles. The molecule has 0 saturated heterocycles. The number of rotatable bonds is 3. The first kappa shape index (κ1) is 17.4. The van der Waals surface area contributed by atoms with Crippen LogP contribution in [0.1, 0.15) is 20.7 Å². The Balaban J connectivity index is 2.45. The Labute approximate surface area is 148 Å². The van der Waals surface area contributed by atoms with E-state index in [2.05, 4.69) is 0 Å². The van der Waals surface area contributed by atoms with Crippen LogP contribution in [0.15, 0.2) is 24.3 Å². The number of hydrogen-bond acceptors (Lipinski definition) is 8. The van der Waals surface area contributed by atoms with E-state index in [0.717, 1.165) is 0 Å². The third-order valence-corrected chi connectivity index (χ3v) is 3.93. The molecule has 8 heteroatoms. The minimum atomic E-state index is -0.721. The highest BCUT2D eigenvalue weighted by Crippen LogP contribution is 2.49. The SMILES string of the molecule is COC(=O)c1cccc2c1-c1cc(O)c(OC)c(c1C(=O)OC)OCO2. The van der Waals surface area contributed by atoms with Crippen molar-refractivity contribution in [1.82, 2.24) is 0 Å². The van der Waals surface area contributed by atoms with Crippen molar-refractivity contribution < 1.29 is 38.4 Å². The van der Waals surface area contributed by atoms with Crippen molar-refractivity contribution in [3.05, 3.63) is 35.4 Å². The van der Waals surface area contributed by atoms with Crippen molar-refractivity contribution in [2.75, 3.05) is 28.1 Å². The second-order valence-corrected chi connectivity index (χ2v) is 5.25. The molecule has 2 aromatic rings. The standard InChI is InChI=1S/C18H16O8/c1-22-15-11(19)7-10-13-9(17(20)23-2)5-4-6-12(13)25-8-26-16(15)14(10)18(21)24-3/h4-7,19H,8H2,1-3H3. The molecule has 0 radical (unpaired) electrons. The van der Waals surface area contributed by atoms with E-state index < -0.39 is 11.9 Å². The van der Waals surface area contributed by atoms with Crippen LogP contribution < -0.4 is 14.2 Å². The van der Waals surface area contributed by atoms with Crippen molar-refractivity contribution in [3.63, 3.8) is 0 Å². The summed E-state index contributed by atoms with van der Waals surface area (Å²) in [4.78, 5) is 24.7. The summed E-state index contributed by atoms with van der Waals surface area (Å²) in [6.45, 7) is -0.277. The van der Waals surface area contributed by atoms with Crippen LogP contribution in [0.2, 0.25) is 0 Å². The molecule has 0 fully saturated rings. The maximum atomic E-state index is 12.5. The van der Waals surface area contributed by atoms with Gasteiger partial charge in [0.25, 0.3) is 0 Å². The fraction of sp³-hybridized carbons (Fsp3) is 0.222. The highest BCUT2D eigenvalue weighted by Gasteiger charge is 2.32. The molecule has 0 amide bonds. The first-order valence-corrected chi connectivity index (χ1v) is 7.53. The lowest BCUT2D eigenvalue weighted by Crippen LogP contribution is -2.17. The first-order chi connectivity index (χ1) is 12.5. The topological polar surface area (TPSA) is 101 Å². The molecule has 8 nitrogen and oxygen atoms in total. The van der Waals surface area contributed by atoms with Crippen molar-refractivity contribution >= 4 is 11.9 Å². The summed E-state index contributed by atoms with van der Waals surface area (Å²) in [5, 5.41) is 10.3. The molecule has 136 valence electrons. The third kappa shape index (κ3) is 2.65. The molecule has 1 N–H and O–H groups in total. The summed E-state index contributed by atoms with van der Waals surface area (Å²) < 4.78 is 25.9. The number of aromatic hydroxyl groups is 1. The molecule has 1 aliphatic heterocycles. The second kappa shape index (κ2) is 6.83. The van der Waals surface area contributed by atoms with Crippen molar-refractivity contribution in [1.29, 1.82) is 0 Å². The summed E-state index contributed by atoms with van der Waals surface area (Å²) in [6, 6.07) is 6.03. The molecular weight excluding hydrogens is 344 g/mol. The number of carbonyl (C=O) groups excluding carboxylic acids is 2. The Hall–Kier alpha value is -3.42. The Kier molecular flexibility index (Phi) is 4.57. The van der Waals surface area contributed by atoms with Gasteiger partial charge in [-0.15, -0.1) is 0 Å². The van der Waals surface area contributed by atoms with Crippen molar-refractivity contribution in [3.8, 4) is 34.1 Å². The molecular formula is C18H16O8. The number of phenolic OH excluding ortho intramolecular Hbond substituents is 1. The van der Waals surface area contributed by atoms with Crippen LogP contribution in [0.5, 0.6) is 23.0 Å². The minimum Gasteiger partial charge on any atom is -0.504 e. The molecule has 0 spiro atoms. The number of ether oxygens (including phenoxy) is 5. The van der Waals surface area contributed by atoms with E-state index in [1.165, 1.54) is 33.5 Å². The van der Waals surface area contributed by atoms with Gasteiger partial charge in [0, 0.05) is 11.1 Å². The average Bonchev–Trinajstić information content (AvgIpc) is 2.65. The third-order valence-electron chi connectivity index (χ3n) is 3.93. The Bertz CT molecular complexity index is 887. The lowest BCUT2D eigenvalue weighted by Gasteiger charge is -2.24. The van der Waals surface area contributed by atoms with E-state index in [4.69, 9.17) is 23.7 Å². The largest absolute Gasteiger partial charge is 0.504 e. The second-order valence-electron chi connectivity index (χ2n) is 5.25. The van der Waals surface area contributed by atoms with E-state index in [-0.39, 0.29) is 52.0 Å². The summed E-state index contributed by atoms with van der Waals surface area (Å²) in [5.41, 5.74) is 0.638. The highest BCUT2D eigenvalue weighted by atomic mass is 16.7. The fourth-order valence-corrected chi connectivity index (χ4v) is 2.82. The smallest absolute Gasteiger partial charge is 0.342 e. The van der Waals surface area contributed by atoms with Crippen LogP contribution in [0.4, 0.5) is 0 Å². The van der Waals surface area contributed by atoms with Gasteiger partial charge in [0.15, 0.2) is 11.5 Å². The summed E-state index contributed by atoms with van der Waals surface area (Å²) in [5.74, 6) is -1.41. The van der Waals surface area contributed by atoms with E-state index in [1.807, 2.05) is 0 Å². The van der Waals surface area contributed by atoms with Gasteiger partial charge in [-0.05, 0) is 18.2 Å². The van der Waals surface area contributed by atoms with Gasteiger partial charge in [-0.1, -0.05) is 6.07 Å². The Morgan fingerprint density at radius 1 is 1.08 bits per heavy atom. The lowest BCUT2D eigenvalue weighted by molar-refractivity contribution is 0.0574.